The number of amides is 1. The lowest BCUT2D eigenvalue weighted by Gasteiger charge is -2.29. The van der Waals surface area contributed by atoms with E-state index in [-0.39, 0.29) is 22.9 Å². The minimum Gasteiger partial charge on any atom is -0.474 e. The van der Waals surface area contributed by atoms with Gasteiger partial charge in [-0.15, -0.1) is 0 Å². The summed E-state index contributed by atoms with van der Waals surface area (Å²) in [7, 11) is -3.63. The molecule has 1 saturated carbocycles. The minimum absolute atomic E-state index is 0.0460. The fraction of sp³-hybridized carbons (Fsp3) is 0.429. The average molecular weight is 418 g/mol. The summed E-state index contributed by atoms with van der Waals surface area (Å²) in [4.78, 5) is 15.7. The van der Waals surface area contributed by atoms with Crippen LogP contribution in [-0.4, -0.2) is 31.5 Å². The Hall–Kier alpha value is -2.45. The van der Waals surface area contributed by atoms with E-state index in [0.29, 0.717) is 30.0 Å². The van der Waals surface area contributed by atoms with Gasteiger partial charge in [0.1, 0.15) is 6.10 Å². The first-order chi connectivity index (χ1) is 13.7. The highest BCUT2D eigenvalue weighted by atomic mass is 32.2. The van der Waals surface area contributed by atoms with Gasteiger partial charge in [0.2, 0.25) is 21.8 Å². The maximum atomic E-state index is 12.8. The predicted molar refractivity (Wildman–Crippen MR) is 111 cm³/mol. The number of pyridine rings is 1. The van der Waals surface area contributed by atoms with Crippen LogP contribution in [0.15, 0.2) is 41.4 Å². The van der Waals surface area contributed by atoms with Gasteiger partial charge in [-0.3, -0.25) is 4.79 Å². The maximum Gasteiger partial charge on any atom is 0.241 e. The number of benzene rings is 1. The van der Waals surface area contributed by atoms with E-state index in [1.165, 1.54) is 13.0 Å². The zero-order chi connectivity index (χ0) is 21.0. The molecule has 7 nitrogen and oxygen atoms in total. The van der Waals surface area contributed by atoms with Crippen LogP contribution in [0, 0.1) is 13.8 Å². The molecule has 0 radical (unpaired) electrons. The Labute approximate surface area is 171 Å². The Morgan fingerprint density at radius 3 is 2.41 bits per heavy atom. The van der Waals surface area contributed by atoms with Gasteiger partial charge in [0, 0.05) is 30.9 Å². The Morgan fingerprint density at radius 1 is 1.10 bits per heavy atom. The summed E-state index contributed by atoms with van der Waals surface area (Å²) in [6, 6.07) is 8.48. The number of anilines is 1. The first-order valence-corrected chi connectivity index (χ1v) is 11.2. The van der Waals surface area contributed by atoms with Crippen LogP contribution in [0.4, 0.5) is 5.69 Å². The first kappa shape index (κ1) is 21.3. The number of nitrogens with one attached hydrogen (secondary N) is 2. The summed E-state index contributed by atoms with van der Waals surface area (Å²) in [5.74, 6) is 0.410. The lowest BCUT2D eigenvalue weighted by Crippen LogP contribution is -2.39. The highest BCUT2D eigenvalue weighted by Gasteiger charge is 2.27. The van der Waals surface area contributed by atoms with Crippen molar-refractivity contribution < 1.29 is 17.9 Å². The largest absolute Gasteiger partial charge is 0.474 e. The number of aromatic nitrogens is 1. The fourth-order valence-electron chi connectivity index (χ4n) is 3.51. The third kappa shape index (κ3) is 5.77. The average Bonchev–Trinajstić information content (AvgIpc) is 2.64. The number of ether oxygens (including phenoxy) is 1. The van der Waals surface area contributed by atoms with E-state index in [0.717, 1.165) is 18.4 Å². The van der Waals surface area contributed by atoms with Gasteiger partial charge >= 0.3 is 0 Å². The summed E-state index contributed by atoms with van der Waals surface area (Å²) in [6.07, 6.45) is 4.77. The smallest absolute Gasteiger partial charge is 0.241 e. The van der Waals surface area contributed by atoms with E-state index in [9.17, 15) is 13.2 Å². The third-order valence-electron chi connectivity index (χ3n) is 4.95. The Bertz CT molecular complexity index is 966. The van der Waals surface area contributed by atoms with E-state index in [1.54, 1.807) is 25.3 Å². The molecule has 29 heavy (non-hydrogen) atoms. The molecule has 1 aliphatic carbocycles. The molecule has 1 heterocycles. The van der Waals surface area contributed by atoms with E-state index in [4.69, 9.17) is 4.74 Å². The molecule has 2 aromatic rings. The standard InChI is InChI=1S/C21H27N3O4S/c1-14-4-11-21(22-13-14)28-19-8-5-17(6-9-19)24-29(26,27)20-10-7-18(12-15(20)2)23-16(3)25/h4,7,10-13,17,19,24H,5-6,8-9H2,1-3H3,(H,23,25). The van der Waals surface area contributed by atoms with Gasteiger partial charge in [0.15, 0.2) is 0 Å². The molecule has 1 aromatic carbocycles. The van der Waals surface area contributed by atoms with Crippen molar-refractivity contribution in [1.82, 2.24) is 9.71 Å². The number of hydrogen-bond donors (Lipinski definition) is 2. The zero-order valence-electron chi connectivity index (χ0n) is 16.9. The van der Waals surface area contributed by atoms with Crippen LogP contribution in [0.5, 0.6) is 5.88 Å². The fourth-order valence-corrected chi connectivity index (χ4v) is 5.04. The quantitative estimate of drug-likeness (QED) is 0.751. The van der Waals surface area contributed by atoms with E-state index in [1.807, 2.05) is 19.1 Å². The van der Waals surface area contributed by atoms with Gasteiger partial charge in [-0.05, 0) is 68.9 Å². The van der Waals surface area contributed by atoms with Crippen LogP contribution in [-0.2, 0) is 14.8 Å². The number of rotatable bonds is 6. The van der Waals surface area contributed by atoms with Gasteiger partial charge in [-0.2, -0.15) is 0 Å². The Balaban J connectivity index is 1.57. The van der Waals surface area contributed by atoms with Gasteiger partial charge in [0.05, 0.1) is 4.90 Å². The number of carbonyl (C=O) groups excluding carboxylic acids is 1. The van der Waals surface area contributed by atoms with Gasteiger partial charge in [-0.1, -0.05) is 6.07 Å². The maximum absolute atomic E-state index is 12.8. The Morgan fingerprint density at radius 2 is 1.83 bits per heavy atom. The summed E-state index contributed by atoms with van der Waals surface area (Å²) in [5, 5.41) is 2.66. The summed E-state index contributed by atoms with van der Waals surface area (Å²) < 4.78 is 34.4. The number of sulfonamides is 1. The third-order valence-corrected chi connectivity index (χ3v) is 6.63. The summed E-state index contributed by atoms with van der Waals surface area (Å²) in [5.41, 5.74) is 2.25. The van der Waals surface area contributed by atoms with Crippen molar-refractivity contribution in [2.75, 3.05) is 5.32 Å². The van der Waals surface area contributed by atoms with Crippen LogP contribution in [0.25, 0.3) is 0 Å². The molecular weight excluding hydrogens is 390 g/mol. The van der Waals surface area contributed by atoms with Crippen molar-refractivity contribution in [1.29, 1.82) is 0 Å². The van der Waals surface area contributed by atoms with Crippen LogP contribution in [0.1, 0.15) is 43.7 Å². The van der Waals surface area contributed by atoms with E-state index >= 15 is 0 Å². The molecule has 8 heteroatoms. The highest BCUT2D eigenvalue weighted by Crippen LogP contribution is 2.25. The van der Waals surface area contributed by atoms with Gasteiger partial charge < -0.3 is 10.1 Å². The molecule has 1 amide bonds. The lowest BCUT2D eigenvalue weighted by atomic mass is 9.94. The van der Waals surface area contributed by atoms with Crippen LogP contribution in [0.3, 0.4) is 0 Å². The summed E-state index contributed by atoms with van der Waals surface area (Å²) >= 11 is 0. The molecule has 156 valence electrons. The van der Waals surface area contributed by atoms with Crippen LogP contribution >= 0.6 is 0 Å². The number of carbonyl (C=O) groups is 1. The normalized spacial score (nSPS) is 19.6. The summed E-state index contributed by atoms with van der Waals surface area (Å²) in [6.45, 7) is 5.11. The molecule has 0 unspecified atom stereocenters. The molecule has 1 aliphatic rings. The van der Waals surface area contributed by atoms with E-state index < -0.39 is 10.0 Å². The van der Waals surface area contributed by atoms with Crippen LogP contribution < -0.4 is 14.8 Å². The number of aryl methyl sites for hydroxylation is 2. The highest BCUT2D eigenvalue weighted by molar-refractivity contribution is 7.89. The molecule has 0 saturated heterocycles. The minimum atomic E-state index is -3.63. The van der Waals surface area contributed by atoms with Gasteiger partial charge in [-0.25, -0.2) is 18.1 Å². The topological polar surface area (TPSA) is 97.4 Å². The zero-order valence-corrected chi connectivity index (χ0v) is 17.8. The van der Waals surface area contributed by atoms with Crippen LogP contribution in [0.2, 0.25) is 0 Å². The molecule has 0 spiro atoms. The molecule has 0 aliphatic heterocycles. The lowest BCUT2D eigenvalue weighted by molar-refractivity contribution is -0.114. The first-order valence-electron chi connectivity index (χ1n) is 9.73. The molecule has 2 N–H and O–H groups in total. The van der Waals surface area contributed by atoms with Crippen molar-refractivity contribution in [3.05, 3.63) is 47.7 Å². The molecule has 1 fully saturated rings. The molecule has 1 aromatic heterocycles. The molecular formula is C21H27N3O4S. The second-order valence-electron chi connectivity index (χ2n) is 7.55. The van der Waals surface area contributed by atoms with Crippen molar-refractivity contribution >= 4 is 21.6 Å². The Kier molecular flexibility index (Phi) is 6.54. The monoisotopic (exact) mass is 417 g/mol. The second kappa shape index (κ2) is 8.92. The molecule has 0 atom stereocenters. The van der Waals surface area contributed by atoms with Gasteiger partial charge in [0.25, 0.3) is 0 Å². The van der Waals surface area contributed by atoms with Crippen molar-refractivity contribution in [3.8, 4) is 5.88 Å². The van der Waals surface area contributed by atoms with Crippen molar-refractivity contribution in [2.24, 2.45) is 0 Å². The second-order valence-corrected chi connectivity index (χ2v) is 9.23. The van der Waals surface area contributed by atoms with Crippen molar-refractivity contribution in [3.63, 3.8) is 0 Å². The van der Waals surface area contributed by atoms with Crippen molar-refractivity contribution in [2.45, 2.75) is 63.5 Å². The molecule has 3 rings (SSSR count). The SMILES string of the molecule is CC(=O)Nc1ccc(S(=O)(=O)NC2CCC(Oc3ccc(C)cn3)CC2)c(C)c1. The number of nitrogens with zero attached hydrogens (tertiary/aromatic N) is 1. The predicted octanol–water partition coefficient (Wildman–Crippen LogP) is 3.33. The number of hydrogen-bond acceptors (Lipinski definition) is 5. The molecule has 0 bridgehead atoms. The van der Waals surface area contributed by atoms with E-state index in [2.05, 4.69) is 15.0 Å².